The molecule has 0 fully saturated rings. The zero-order valence-corrected chi connectivity index (χ0v) is 11.9. The van der Waals surface area contributed by atoms with Crippen LogP contribution in [0, 0.1) is 19.7 Å². The molecule has 0 aliphatic rings. The predicted molar refractivity (Wildman–Crippen MR) is 79.7 cm³/mol. The first-order valence-electron chi connectivity index (χ1n) is 6.02. The molecular formula is C15H14ClFN2O. The van der Waals surface area contributed by atoms with Gasteiger partial charge in [0.1, 0.15) is 5.82 Å². The number of rotatable bonds is 2. The highest BCUT2D eigenvalue weighted by atomic mass is 35.5. The second-order valence-corrected chi connectivity index (χ2v) is 4.99. The summed E-state index contributed by atoms with van der Waals surface area (Å²) in [5, 5.41) is 2.89. The zero-order chi connectivity index (χ0) is 14.9. The summed E-state index contributed by atoms with van der Waals surface area (Å²) in [4.78, 5) is 12.1. The van der Waals surface area contributed by atoms with Crippen molar-refractivity contribution in [1.29, 1.82) is 0 Å². The third-order valence-electron chi connectivity index (χ3n) is 3.18. The van der Waals surface area contributed by atoms with Crippen LogP contribution >= 0.6 is 11.6 Å². The van der Waals surface area contributed by atoms with E-state index in [0.717, 1.165) is 17.2 Å². The minimum atomic E-state index is -0.668. The third kappa shape index (κ3) is 2.75. The molecule has 0 saturated carbocycles. The van der Waals surface area contributed by atoms with E-state index in [2.05, 4.69) is 5.32 Å². The maximum Gasteiger partial charge on any atom is 0.258 e. The molecule has 0 heterocycles. The van der Waals surface area contributed by atoms with E-state index in [1.54, 1.807) is 6.07 Å². The average Bonchev–Trinajstić information content (AvgIpc) is 2.39. The van der Waals surface area contributed by atoms with Gasteiger partial charge in [-0.2, -0.15) is 0 Å². The van der Waals surface area contributed by atoms with Gasteiger partial charge in [0, 0.05) is 5.02 Å². The van der Waals surface area contributed by atoms with Gasteiger partial charge in [-0.1, -0.05) is 17.7 Å². The molecule has 3 nitrogen and oxygen atoms in total. The Hall–Kier alpha value is -2.07. The van der Waals surface area contributed by atoms with Crippen LogP contribution in [0.4, 0.5) is 15.8 Å². The van der Waals surface area contributed by atoms with Crippen molar-refractivity contribution in [2.45, 2.75) is 13.8 Å². The summed E-state index contributed by atoms with van der Waals surface area (Å²) in [5.74, 6) is -1.22. The number of nitrogens with one attached hydrogen (secondary N) is 1. The van der Waals surface area contributed by atoms with Crippen LogP contribution in [0.2, 0.25) is 5.02 Å². The Kier molecular flexibility index (Phi) is 3.95. The lowest BCUT2D eigenvalue weighted by atomic mass is 10.1. The van der Waals surface area contributed by atoms with Crippen LogP contribution in [0.3, 0.4) is 0 Å². The van der Waals surface area contributed by atoms with Gasteiger partial charge in [-0.15, -0.1) is 0 Å². The molecule has 2 aromatic rings. The van der Waals surface area contributed by atoms with E-state index in [1.807, 2.05) is 19.9 Å². The van der Waals surface area contributed by atoms with Crippen molar-refractivity contribution in [3.8, 4) is 0 Å². The molecule has 5 heteroatoms. The van der Waals surface area contributed by atoms with E-state index >= 15 is 0 Å². The molecule has 1 amide bonds. The van der Waals surface area contributed by atoms with Crippen LogP contribution in [-0.2, 0) is 0 Å². The van der Waals surface area contributed by atoms with Crippen molar-refractivity contribution < 1.29 is 9.18 Å². The van der Waals surface area contributed by atoms with Gasteiger partial charge in [-0.05, 0) is 49.2 Å². The third-order valence-corrected chi connectivity index (χ3v) is 3.42. The second kappa shape index (κ2) is 5.51. The van der Waals surface area contributed by atoms with E-state index in [-0.39, 0.29) is 10.6 Å². The Bertz CT molecular complexity index is 686. The maximum atomic E-state index is 13.7. The van der Waals surface area contributed by atoms with Gasteiger partial charge in [0.15, 0.2) is 0 Å². The molecule has 0 aliphatic carbocycles. The second-order valence-electron chi connectivity index (χ2n) is 4.55. The molecule has 0 radical (unpaired) electrons. The van der Waals surface area contributed by atoms with Crippen molar-refractivity contribution in [3.63, 3.8) is 0 Å². The normalized spacial score (nSPS) is 10.4. The van der Waals surface area contributed by atoms with Gasteiger partial charge in [0.25, 0.3) is 5.91 Å². The van der Waals surface area contributed by atoms with Gasteiger partial charge in [0.05, 0.1) is 16.9 Å². The van der Waals surface area contributed by atoms with Crippen LogP contribution in [-0.4, -0.2) is 5.91 Å². The topological polar surface area (TPSA) is 55.1 Å². The number of nitrogen functional groups attached to an aromatic ring is 1. The first-order chi connectivity index (χ1) is 9.40. The van der Waals surface area contributed by atoms with Crippen LogP contribution in [0.15, 0.2) is 30.3 Å². The number of carbonyl (C=O) groups excluding carboxylic acids is 1. The number of halogens is 2. The smallest absolute Gasteiger partial charge is 0.258 e. The molecule has 20 heavy (non-hydrogen) atoms. The van der Waals surface area contributed by atoms with E-state index in [4.69, 9.17) is 17.3 Å². The number of benzene rings is 2. The molecule has 0 aliphatic heterocycles. The van der Waals surface area contributed by atoms with E-state index in [9.17, 15) is 9.18 Å². The Balaban J connectivity index is 2.35. The number of carbonyl (C=O) groups is 1. The monoisotopic (exact) mass is 292 g/mol. The summed E-state index contributed by atoms with van der Waals surface area (Å²) in [5.41, 5.74) is 8.57. The number of nitrogens with two attached hydrogens (primary N) is 1. The molecule has 0 spiro atoms. The van der Waals surface area contributed by atoms with Crippen molar-refractivity contribution in [1.82, 2.24) is 0 Å². The van der Waals surface area contributed by atoms with E-state index < -0.39 is 11.7 Å². The van der Waals surface area contributed by atoms with E-state index in [1.165, 1.54) is 12.1 Å². The largest absolute Gasteiger partial charge is 0.397 e. The van der Waals surface area contributed by atoms with Crippen LogP contribution in [0.25, 0.3) is 0 Å². The fourth-order valence-electron chi connectivity index (χ4n) is 1.86. The summed E-state index contributed by atoms with van der Waals surface area (Å²) < 4.78 is 13.7. The fourth-order valence-corrected chi connectivity index (χ4v) is 2.02. The highest BCUT2D eigenvalue weighted by Gasteiger charge is 2.15. The first kappa shape index (κ1) is 14.3. The molecule has 0 aromatic heterocycles. The van der Waals surface area contributed by atoms with Gasteiger partial charge in [-0.3, -0.25) is 4.79 Å². The van der Waals surface area contributed by atoms with Crippen molar-refractivity contribution in [3.05, 3.63) is 57.9 Å². The summed E-state index contributed by atoms with van der Waals surface area (Å²) in [6.07, 6.45) is 0. The van der Waals surface area contributed by atoms with Gasteiger partial charge in [-0.25, -0.2) is 4.39 Å². The maximum absolute atomic E-state index is 13.7. The van der Waals surface area contributed by atoms with Crippen LogP contribution in [0.1, 0.15) is 21.5 Å². The average molecular weight is 293 g/mol. The molecule has 2 aromatic carbocycles. The Morgan fingerprint density at radius 3 is 2.60 bits per heavy atom. The summed E-state index contributed by atoms with van der Waals surface area (Å²) in [7, 11) is 0. The number of aryl methyl sites for hydroxylation is 1. The van der Waals surface area contributed by atoms with Crippen molar-refractivity contribution in [2.24, 2.45) is 0 Å². The Labute approximate surface area is 121 Å². The zero-order valence-electron chi connectivity index (χ0n) is 11.1. The quantitative estimate of drug-likeness (QED) is 0.824. The highest BCUT2D eigenvalue weighted by molar-refractivity contribution is 6.30. The highest BCUT2D eigenvalue weighted by Crippen LogP contribution is 2.26. The molecule has 0 unspecified atom stereocenters. The summed E-state index contributed by atoms with van der Waals surface area (Å²) >= 11 is 5.66. The molecule has 0 atom stereocenters. The van der Waals surface area contributed by atoms with Crippen LogP contribution < -0.4 is 11.1 Å². The molecular weight excluding hydrogens is 279 g/mol. The molecule has 3 N–H and O–H groups in total. The Morgan fingerprint density at radius 2 is 1.95 bits per heavy atom. The number of anilines is 2. The lowest BCUT2D eigenvalue weighted by Gasteiger charge is -2.13. The van der Waals surface area contributed by atoms with E-state index in [0.29, 0.717) is 11.4 Å². The Morgan fingerprint density at radius 1 is 1.25 bits per heavy atom. The summed E-state index contributed by atoms with van der Waals surface area (Å²) in [6, 6.07) is 7.47. The molecule has 2 rings (SSSR count). The lowest BCUT2D eigenvalue weighted by molar-refractivity contribution is 0.102. The number of hydrogen-bond acceptors (Lipinski definition) is 2. The molecule has 104 valence electrons. The molecule has 0 saturated heterocycles. The van der Waals surface area contributed by atoms with Crippen LogP contribution in [0.5, 0.6) is 0 Å². The number of hydrogen-bond donors (Lipinski definition) is 2. The van der Waals surface area contributed by atoms with Gasteiger partial charge >= 0.3 is 0 Å². The SMILES string of the molecule is Cc1ccc(N)c(NC(=O)c2ccc(Cl)cc2F)c1C. The van der Waals surface area contributed by atoms with Gasteiger partial charge in [0.2, 0.25) is 0 Å². The molecule has 0 bridgehead atoms. The number of amides is 1. The summed E-state index contributed by atoms with van der Waals surface area (Å²) in [6.45, 7) is 3.76. The minimum absolute atomic E-state index is 0.0743. The first-order valence-corrected chi connectivity index (χ1v) is 6.40. The standard InChI is InChI=1S/C15H14ClFN2O/c1-8-3-6-13(18)14(9(8)2)19-15(20)11-5-4-10(16)7-12(11)17/h3-7H,18H2,1-2H3,(H,19,20). The lowest BCUT2D eigenvalue weighted by Crippen LogP contribution is -2.16. The minimum Gasteiger partial charge on any atom is -0.397 e. The van der Waals surface area contributed by atoms with Crippen molar-refractivity contribution in [2.75, 3.05) is 11.1 Å². The van der Waals surface area contributed by atoms with Crippen molar-refractivity contribution >= 4 is 28.9 Å². The van der Waals surface area contributed by atoms with Gasteiger partial charge < -0.3 is 11.1 Å². The fraction of sp³-hybridized carbons (Fsp3) is 0.133. The predicted octanol–water partition coefficient (Wildman–Crippen LogP) is 3.93.